The SMILES string of the molecule is O=C1C=CC2(C=C1)CC(=O)C(I)=C2c1ccccc1. The molecule has 0 aliphatic heterocycles. The fourth-order valence-electron chi connectivity index (χ4n) is 2.63. The second-order valence-corrected chi connectivity index (χ2v) is 5.84. The third-order valence-electron chi connectivity index (χ3n) is 3.54. The molecule has 0 fully saturated rings. The Kier molecular flexibility index (Phi) is 3.01. The van der Waals surface area contributed by atoms with Gasteiger partial charge >= 0.3 is 0 Å². The van der Waals surface area contributed by atoms with Gasteiger partial charge in [0.25, 0.3) is 0 Å². The molecule has 1 aromatic rings. The summed E-state index contributed by atoms with van der Waals surface area (Å²) >= 11 is 2.12. The van der Waals surface area contributed by atoms with Gasteiger partial charge in [-0.25, -0.2) is 0 Å². The maximum absolute atomic E-state index is 12.1. The molecule has 2 nitrogen and oxygen atoms in total. The smallest absolute Gasteiger partial charge is 0.178 e. The van der Waals surface area contributed by atoms with Gasteiger partial charge in [-0.2, -0.15) is 0 Å². The van der Waals surface area contributed by atoms with Gasteiger partial charge in [0.1, 0.15) is 0 Å². The van der Waals surface area contributed by atoms with Crippen LogP contribution in [0.2, 0.25) is 0 Å². The van der Waals surface area contributed by atoms with Crippen LogP contribution in [0.15, 0.2) is 58.2 Å². The minimum Gasteiger partial charge on any atom is -0.294 e. The fourth-order valence-corrected chi connectivity index (χ4v) is 3.64. The van der Waals surface area contributed by atoms with Gasteiger partial charge in [-0.1, -0.05) is 42.5 Å². The first-order valence-electron chi connectivity index (χ1n) is 6.04. The molecule has 3 heteroatoms. The van der Waals surface area contributed by atoms with Crippen LogP contribution in [-0.4, -0.2) is 11.6 Å². The van der Waals surface area contributed by atoms with E-state index in [1.165, 1.54) is 0 Å². The highest BCUT2D eigenvalue weighted by atomic mass is 127. The normalized spacial score (nSPS) is 20.7. The van der Waals surface area contributed by atoms with E-state index < -0.39 is 5.41 Å². The topological polar surface area (TPSA) is 34.1 Å². The van der Waals surface area contributed by atoms with Gasteiger partial charge in [-0.3, -0.25) is 9.59 Å². The highest BCUT2D eigenvalue weighted by Gasteiger charge is 2.42. The molecule has 94 valence electrons. The van der Waals surface area contributed by atoms with Crippen LogP contribution in [0.5, 0.6) is 0 Å². The molecule has 0 heterocycles. The van der Waals surface area contributed by atoms with E-state index in [0.717, 1.165) is 14.7 Å². The second kappa shape index (κ2) is 4.56. The molecule has 19 heavy (non-hydrogen) atoms. The molecule has 1 aromatic carbocycles. The second-order valence-electron chi connectivity index (χ2n) is 4.76. The number of rotatable bonds is 1. The molecular formula is C16H11IO2. The van der Waals surface area contributed by atoms with Crippen molar-refractivity contribution in [1.82, 2.24) is 0 Å². The summed E-state index contributed by atoms with van der Waals surface area (Å²) in [6.45, 7) is 0. The number of hydrogen-bond donors (Lipinski definition) is 0. The fraction of sp³-hybridized carbons (Fsp3) is 0.125. The summed E-state index contributed by atoms with van der Waals surface area (Å²) in [4.78, 5) is 23.4. The van der Waals surface area contributed by atoms with Crippen LogP contribution in [0.25, 0.3) is 5.57 Å². The van der Waals surface area contributed by atoms with Gasteiger partial charge in [0.05, 0.1) is 3.58 Å². The summed E-state index contributed by atoms with van der Waals surface area (Å²) in [5.41, 5.74) is 1.61. The van der Waals surface area contributed by atoms with E-state index in [1.807, 2.05) is 42.5 Å². The Morgan fingerprint density at radius 3 is 2.26 bits per heavy atom. The van der Waals surface area contributed by atoms with Gasteiger partial charge in [0, 0.05) is 11.8 Å². The zero-order valence-electron chi connectivity index (χ0n) is 10.1. The van der Waals surface area contributed by atoms with Crippen molar-refractivity contribution in [2.75, 3.05) is 0 Å². The van der Waals surface area contributed by atoms with Crippen LogP contribution < -0.4 is 0 Å². The number of carbonyl (C=O) groups is 2. The Morgan fingerprint density at radius 2 is 1.63 bits per heavy atom. The Labute approximate surface area is 125 Å². The Balaban J connectivity index is 2.18. The van der Waals surface area contributed by atoms with Gasteiger partial charge < -0.3 is 0 Å². The minimum absolute atomic E-state index is 0.0209. The van der Waals surface area contributed by atoms with E-state index in [2.05, 4.69) is 22.6 Å². The average Bonchev–Trinajstić information content (AvgIpc) is 2.66. The van der Waals surface area contributed by atoms with Gasteiger partial charge in [0.15, 0.2) is 11.6 Å². The molecule has 2 aliphatic carbocycles. The number of halogens is 1. The number of carbonyl (C=O) groups excluding carboxylic acids is 2. The molecule has 0 radical (unpaired) electrons. The molecule has 1 spiro atoms. The number of allylic oxidation sites excluding steroid dienone is 6. The van der Waals surface area contributed by atoms with Crippen molar-refractivity contribution in [2.24, 2.45) is 5.41 Å². The average molecular weight is 362 g/mol. The molecule has 3 rings (SSSR count). The van der Waals surface area contributed by atoms with Crippen LogP contribution in [0.1, 0.15) is 12.0 Å². The molecule has 0 unspecified atom stereocenters. The number of benzene rings is 1. The molecule has 2 aliphatic rings. The molecule has 0 saturated carbocycles. The zero-order chi connectivity index (χ0) is 13.5. The van der Waals surface area contributed by atoms with Crippen LogP contribution in [0.4, 0.5) is 0 Å². The molecule has 0 amide bonds. The third kappa shape index (κ3) is 2.02. The molecule has 0 N–H and O–H groups in total. The Morgan fingerprint density at radius 1 is 1.00 bits per heavy atom. The molecule has 0 atom stereocenters. The highest BCUT2D eigenvalue weighted by molar-refractivity contribution is 14.1. The quantitative estimate of drug-likeness (QED) is 0.717. The van der Waals surface area contributed by atoms with Crippen molar-refractivity contribution in [1.29, 1.82) is 0 Å². The van der Waals surface area contributed by atoms with Crippen LogP contribution in [-0.2, 0) is 9.59 Å². The van der Waals surface area contributed by atoms with Crippen LogP contribution in [0, 0.1) is 5.41 Å². The lowest BCUT2D eigenvalue weighted by molar-refractivity contribution is -0.115. The van der Waals surface area contributed by atoms with Crippen molar-refractivity contribution in [2.45, 2.75) is 6.42 Å². The van der Waals surface area contributed by atoms with Crippen LogP contribution >= 0.6 is 22.6 Å². The number of ketones is 2. The van der Waals surface area contributed by atoms with Crippen molar-refractivity contribution in [3.8, 4) is 0 Å². The largest absolute Gasteiger partial charge is 0.294 e. The first-order valence-corrected chi connectivity index (χ1v) is 7.12. The van der Waals surface area contributed by atoms with Crippen molar-refractivity contribution >= 4 is 39.7 Å². The molecule has 0 saturated heterocycles. The predicted molar refractivity (Wildman–Crippen MR) is 82.7 cm³/mol. The summed E-state index contributed by atoms with van der Waals surface area (Å²) < 4.78 is 0.771. The monoisotopic (exact) mass is 362 g/mol. The molecule has 0 aromatic heterocycles. The maximum Gasteiger partial charge on any atom is 0.178 e. The first kappa shape index (κ1) is 12.5. The number of Topliss-reactive ketones (excluding diaryl/α,β-unsaturated/α-hetero) is 1. The summed E-state index contributed by atoms with van der Waals surface area (Å²) in [7, 11) is 0. The van der Waals surface area contributed by atoms with E-state index >= 15 is 0 Å². The molecule has 0 bridgehead atoms. The Bertz CT molecular complexity index is 635. The lowest BCUT2D eigenvalue weighted by atomic mass is 9.75. The minimum atomic E-state index is -0.442. The van der Waals surface area contributed by atoms with Crippen molar-refractivity contribution in [3.05, 3.63) is 63.8 Å². The lowest BCUT2D eigenvalue weighted by Crippen LogP contribution is -2.18. The lowest BCUT2D eigenvalue weighted by Gasteiger charge is -2.26. The first-order chi connectivity index (χ1) is 9.12. The summed E-state index contributed by atoms with van der Waals surface area (Å²) in [6, 6.07) is 9.89. The van der Waals surface area contributed by atoms with Crippen molar-refractivity contribution in [3.63, 3.8) is 0 Å². The number of hydrogen-bond acceptors (Lipinski definition) is 2. The van der Waals surface area contributed by atoms with E-state index in [9.17, 15) is 9.59 Å². The maximum atomic E-state index is 12.1. The summed E-state index contributed by atoms with van der Waals surface area (Å²) in [5, 5.41) is 0. The summed E-state index contributed by atoms with van der Waals surface area (Å²) in [5.74, 6) is 0.121. The van der Waals surface area contributed by atoms with Gasteiger partial charge in [-0.05, 0) is 45.9 Å². The van der Waals surface area contributed by atoms with E-state index in [-0.39, 0.29) is 11.6 Å². The van der Waals surface area contributed by atoms with Crippen molar-refractivity contribution < 1.29 is 9.59 Å². The van der Waals surface area contributed by atoms with Gasteiger partial charge in [-0.15, -0.1) is 0 Å². The van der Waals surface area contributed by atoms with E-state index in [4.69, 9.17) is 0 Å². The molecular weight excluding hydrogens is 351 g/mol. The zero-order valence-corrected chi connectivity index (χ0v) is 12.3. The summed E-state index contributed by atoms with van der Waals surface area (Å²) in [6.07, 6.45) is 7.26. The van der Waals surface area contributed by atoms with E-state index in [1.54, 1.807) is 12.2 Å². The van der Waals surface area contributed by atoms with E-state index in [0.29, 0.717) is 6.42 Å². The van der Waals surface area contributed by atoms with Gasteiger partial charge in [0.2, 0.25) is 0 Å². The predicted octanol–water partition coefficient (Wildman–Crippen LogP) is 3.49. The van der Waals surface area contributed by atoms with Crippen LogP contribution in [0.3, 0.4) is 0 Å². The Hall–Kier alpha value is -1.49. The highest BCUT2D eigenvalue weighted by Crippen LogP contribution is 2.51. The standard InChI is InChI=1S/C16H11IO2/c17-15-13(19)10-16(8-6-12(18)7-9-16)14(15)11-4-2-1-3-5-11/h1-9H,10H2. The third-order valence-corrected chi connectivity index (χ3v) is 4.68.